The van der Waals surface area contributed by atoms with E-state index in [1.165, 1.54) is 40.4 Å². The molecule has 2 N–H and O–H groups in total. The summed E-state index contributed by atoms with van der Waals surface area (Å²) in [6, 6.07) is 10.8. The predicted octanol–water partition coefficient (Wildman–Crippen LogP) is 3.18. The number of aromatic hydroxyl groups is 2. The second-order valence-electron chi connectivity index (χ2n) is 4.91. The van der Waals surface area contributed by atoms with Gasteiger partial charge in [-0.05, 0) is 35.9 Å². The van der Waals surface area contributed by atoms with Gasteiger partial charge < -0.3 is 10.2 Å². The highest BCUT2D eigenvalue weighted by molar-refractivity contribution is 7.07. The first-order valence-electron chi connectivity index (χ1n) is 7.04. The molecule has 0 spiro atoms. The molecule has 3 aromatic rings. The maximum atomic E-state index is 14.1. The van der Waals surface area contributed by atoms with Crippen LogP contribution in [0.1, 0.15) is 5.56 Å². The van der Waals surface area contributed by atoms with Gasteiger partial charge in [-0.25, -0.2) is 9.07 Å². The Labute approximate surface area is 141 Å². The molecule has 0 bridgehead atoms. The number of rotatable bonds is 3. The van der Waals surface area contributed by atoms with Crippen molar-refractivity contribution in [3.05, 3.63) is 64.0 Å². The quantitative estimate of drug-likeness (QED) is 0.566. The topological polar surface area (TPSA) is 70.1 Å². The van der Waals surface area contributed by atoms with Gasteiger partial charge in [0.25, 0.3) is 0 Å². The normalized spacial score (nSPS) is 12.2. The number of phenols is 2. The van der Waals surface area contributed by atoms with Crippen molar-refractivity contribution in [1.29, 1.82) is 0 Å². The zero-order chi connectivity index (χ0) is 17.1. The van der Waals surface area contributed by atoms with Crippen molar-refractivity contribution in [2.75, 3.05) is 7.05 Å². The molecule has 5 nitrogen and oxygen atoms in total. The molecule has 0 saturated carbocycles. The van der Waals surface area contributed by atoms with Crippen molar-refractivity contribution in [3.8, 4) is 22.8 Å². The molecule has 0 unspecified atom stereocenters. The van der Waals surface area contributed by atoms with Gasteiger partial charge in [0.2, 0.25) is 4.80 Å². The summed E-state index contributed by atoms with van der Waals surface area (Å²) in [6.45, 7) is 0. The molecule has 0 saturated heterocycles. The van der Waals surface area contributed by atoms with Crippen LogP contribution in [0.4, 0.5) is 4.39 Å². The number of hydrogen-bond acceptors (Lipinski definition) is 5. The van der Waals surface area contributed by atoms with Crippen molar-refractivity contribution in [2.24, 2.45) is 10.1 Å². The Balaban J connectivity index is 2.07. The van der Waals surface area contributed by atoms with E-state index >= 15 is 0 Å². The van der Waals surface area contributed by atoms with Crippen LogP contribution in [0.2, 0.25) is 0 Å². The van der Waals surface area contributed by atoms with Crippen molar-refractivity contribution in [2.45, 2.75) is 0 Å². The van der Waals surface area contributed by atoms with Gasteiger partial charge in [-0.1, -0.05) is 12.1 Å². The van der Waals surface area contributed by atoms with E-state index in [4.69, 9.17) is 0 Å². The van der Waals surface area contributed by atoms with Gasteiger partial charge in [0.1, 0.15) is 5.82 Å². The van der Waals surface area contributed by atoms with Crippen LogP contribution in [0.3, 0.4) is 0 Å². The maximum Gasteiger partial charge on any atom is 0.205 e. The lowest BCUT2D eigenvalue weighted by Crippen LogP contribution is -2.11. The van der Waals surface area contributed by atoms with E-state index in [1.54, 1.807) is 36.7 Å². The highest BCUT2D eigenvalue weighted by Crippen LogP contribution is 2.25. The van der Waals surface area contributed by atoms with Gasteiger partial charge in [0.15, 0.2) is 11.5 Å². The largest absolute Gasteiger partial charge is 0.504 e. The predicted molar refractivity (Wildman–Crippen MR) is 92.0 cm³/mol. The number of benzene rings is 2. The Morgan fingerprint density at radius 1 is 1.12 bits per heavy atom. The fourth-order valence-corrected chi connectivity index (χ4v) is 2.96. The van der Waals surface area contributed by atoms with Gasteiger partial charge in [-0.3, -0.25) is 4.99 Å². The van der Waals surface area contributed by atoms with E-state index in [9.17, 15) is 14.6 Å². The van der Waals surface area contributed by atoms with Crippen LogP contribution >= 0.6 is 11.3 Å². The highest BCUT2D eigenvalue weighted by atomic mass is 32.1. The Kier molecular flexibility index (Phi) is 4.43. The van der Waals surface area contributed by atoms with Crippen LogP contribution in [0, 0.1) is 5.82 Å². The second kappa shape index (κ2) is 6.67. The molecule has 24 heavy (non-hydrogen) atoms. The molecule has 0 amide bonds. The third-order valence-electron chi connectivity index (χ3n) is 3.35. The summed E-state index contributed by atoms with van der Waals surface area (Å²) >= 11 is 1.35. The number of phenolic OH excluding ortho intramolecular Hbond substituents is 2. The number of halogens is 1. The molecule has 1 aromatic heterocycles. The molecule has 0 fully saturated rings. The minimum atomic E-state index is -0.343. The summed E-state index contributed by atoms with van der Waals surface area (Å²) in [4.78, 5) is 4.75. The molecule has 3 rings (SSSR count). The Morgan fingerprint density at radius 3 is 2.62 bits per heavy atom. The van der Waals surface area contributed by atoms with Crippen molar-refractivity contribution in [1.82, 2.24) is 4.68 Å². The molecular formula is C17H14FN3O2S. The molecule has 122 valence electrons. The standard InChI is InChI=1S/C17H14FN3O2S/c1-19-17-21(20-9-11-6-7-15(22)16(23)8-11)14(10-24-17)12-4-2-3-5-13(12)18/h2-10,22-23H,1H3. The number of thiazole rings is 1. The number of nitrogens with zero attached hydrogens (tertiary/aromatic N) is 3. The van der Waals surface area contributed by atoms with Gasteiger partial charge in [-0.2, -0.15) is 5.10 Å². The van der Waals surface area contributed by atoms with Gasteiger partial charge >= 0.3 is 0 Å². The Hall–Kier alpha value is -2.93. The maximum absolute atomic E-state index is 14.1. The SMILES string of the molecule is CN=c1scc(-c2ccccc2F)n1N=Cc1ccc(O)c(O)c1. The molecule has 2 aromatic carbocycles. The lowest BCUT2D eigenvalue weighted by Gasteiger charge is -2.04. The van der Waals surface area contributed by atoms with E-state index in [1.807, 2.05) is 0 Å². The molecule has 0 atom stereocenters. The summed E-state index contributed by atoms with van der Waals surface area (Å²) in [7, 11) is 1.63. The number of aromatic nitrogens is 1. The van der Waals surface area contributed by atoms with E-state index in [0.717, 1.165) is 0 Å². The fourth-order valence-electron chi connectivity index (χ4n) is 2.16. The van der Waals surface area contributed by atoms with Crippen molar-refractivity contribution in [3.63, 3.8) is 0 Å². The molecule has 7 heteroatoms. The van der Waals surface area contributed by atoms with E-state index in [-0.39, 0.29) is 17.3 Å². The molecule has 0 aliphatic rings. The molecule has 0 radical (unpaired) electrons. The fraction of sp³-hybridized carbons (Fsp3) is 0.0588. The van der Waals surface area contributed by atoms with Gasteiger partial charge in [0.05, 0.1) is 11.9 Å². The minimum absolute atomic E-state index is 0.202. The van der Waals surface area contributed by atoms with Crippen LogP contribution in [0.5, 0.6) is 11.5 Å². The van der Waals surface area contributed by atoms with Crippen LogP contribution < -0.4 is 4.80 Å². The van der Waals surface area contributed by atoms with E-state index < -0.39 is 0 Å². The third-order valence-corrected chi connectivity index (χ3v) is 4.26. The zero-order valence-electron chi connectivity index (χ0n) is 12.7. The lowest BCUT2D eigenvalue weighted by atomic mass is 10.1. The summed E-state index contributed by atoms with van der Waals surface area (Å²) in [6.07, 6.45) is 1.50. The Morgan fingerprint density at radius 2 is 1.92 bits per heavy atom. The summed E-state index contributed by atoms with van der Waals surface area (Å²) in [5.41, 5.74) is 1.60. The highest BCUT2D eigenvalue weighted by Gasteiger charge is 2.11. The summed E-state index contributed by atoms with van der Waals surface area (Å²) in [5, 5.41) is 25.0. The van der Waals surface area contributed by atoms with Gasteiger partial charge in [-0.15, -0.1) is 11.3 Å². The zero-order valence-corrected chi connectivity index (χ0v) is 13.5. The Bertz CT molecular complexity index is 976. The lowest BCUT2D eigenvalue weighted by molar-refractivity contribution is 0.403. The average molecular weight is 343 g/mol. The van der Waals surface area contributed by atoms with Crippen molar-refractivity contribution >= 4 is 17.6 Å². The number of hydrogen-bond donors (Lipinski definition) is 2. The van der Waals surface area contributed by atoms with E-state index in [2.05, 4.69) is 10.1 Å². The molecule has 0 aliphatic heterocycles. The monoisotopic (exact) mass is 343 g/mol. The minimum Gasteiger partial charge on any atom is -0.504 e. The molecule has 0 aliphatic carbocycles. The average Bonchev–Trinajstić information content (AvgIpc) is 2.99. The third kappa shape index (κ3) is 3.07. The van der Waals surface area contributed by atoms with Crippen LogP contribution in [0.25, 0.3) is 11.3 Å². The first-order valence-corrected chi connectivity index (χ1v) is 7.92. The van der Waals surface area contributed by atoms with Crippen LogP contribution in [-0.4, -0.2) is 28.2 Å². The van der Waals surface area contributed by atoms with E-state index in [0.29, 0.717) is 21.6 Å². The summed E-state index contributed by atoms with van der Waals surface area (Å²) in [5.74, 6) is -0.778. The smallest absolute Gasteiger partial charge is 0.205 e. The molecule has 1 heterocycles. The van der Waals surface area contributed by atoms with Crippen LogP contribution in [0.15, 0.2) is 57.9 Å². The van der Waals surface area contributed by atoms with Crippen LogP contribution in [-0.2, 0) is 0 Å². The van der Waals surface area contributed by atoms with Crippen molar-refractivity contribution < 1.29 is 14.6 Å². The molecular weight excluding hydrogens is 329 g/mol. The summed E-state index contributed by atoms with van der Waals surface area (Å²) < 4.78 is 15.6. The van der Waals surface area contributed by atoms with Gasteiger partial charge in [0, 0.05) is 18.0 Å². The first-order chi connectivity index (χ1) is 11.6. The second-order valence-corrected chi connectivity index (χ2v) is 5.75. The first kappa shape index (κ1) is 15.9.